The minimum Gasteiger partial charge on any atom is -0.328 e. The Kier molecular flexibility index (Phi) is 4.43. The second-order valence-corrected chi connectivity index (χ2v) is 7.48. The first-order valence-electron chi connectivity index (χ1n) is 8.68. The predicted molar refractivity (Wildman–Crippen MR) is 93.8 cm³/mol. The van der Waals surface area contributed by atoms with Crippen molar-refractivity contribution in [2.45, 2.75) is 58.5 Å². The summed E-state index contributed by atoms with van der Waals surface area (Å²) in [6.45, 7) is 9.05. The molecule has 1 saturated heterocycles. The van der Waals surface area contributed by atoms with Gasteiger partial charge < -0.3 is 4.90 Å². The standard InChI is InChI=1S/C19H26N4O/c1-14-20-17(23(21-14)19(2,3)4)16-12-8-9-13-22(16)18(24)15-10-6-5-7-11-15/h5-7,10-11,16H,8-9,12-13H2,1-4H3. The highest BCUT2D eigenvalue weighted by atomic mass is 16.2. The molecule has 5 nitrogen and oxygen atoms in total. The molecular formula is C19H26N4O. The Morgan fingerprint density at radius 1 is 1.17 bits per heavy atom. The van der Waals surface area contributed by atoms with Crippen LogP contribution >= 0.6 is 0 Å². The molecule has 5 heteroatoms. The lowest BCUT2D eigenvalue weighted by atomic mass is 9.99. The van der Waals surface area contributed by atoms with Gasteiger partial charge in [0.2, 0.25) is 0 Å². The lowest BCUT2D eigenvalue weighted by Crippen LogP contribution is -2.41. The number of carbonyl (C=O) groups is 1. The maximum Gasteiger partial charge on any atom is 0.254 e. The zero-order valence-corrected chi connectivity index (χ0v) is 15.0. The Bertz CT molecular complexity index is 715. The van der Waals surface area contributed by atoms with Crippen LogP contribution in [-0.4, -0.2) is 32.1 Å². The largest absolute Gasteiger partial charge is 0.328 e. The molecule has 24 heavy (non-hydrogen) atoms. The maximum atomic E-state index is 13.0. The van der Waals surface area contributed by atoms with Gasteiger partial charge in [-0.3, -0.25) is 4.79 Å². The molecule has 0 spiro atoms. The van der Waals surface area contributed by atoms with Gasteiger partial charge in [0.1, 0.15) is 5.82 Å². The molecule has 1 unspecified atom stereocenters. The van der Waals surface area contributed by atoms with Gasteiger partial charge in [0.25, 0.3) is 5.91 Å². The van der Waals surface area contributed by atoms with Crippen LogP contribution in [0.5, 0.6) is 0 Å². The number of amides is 1. The molecule has 2 heterocycles. The quantitative estimate of drug-likeness (QED) is 0.845. The van der Waals surface area contributed by atoms with Crippen LogP contribution in [0.15, 0.2) is 30.3 Å². The van der Waals surface area contributed by atoms with Crippen molar-refractivity contribution in [1.82, 2.24) is 19.7 Å². The van der Waals surface area contributed by atoms with Crippen LogP contribution in [0.2, 0.25) is 0 Å². The molecular weight excluding hydrogens is 300 g/mol. The number of piperidine rings is 1. The van der Waals surface area contributed by atoms with Crippen LogP contribution in [0.25, 0.3) is 0 Å². The van der Waals surface area contributed by atoms with Gasteiger partial charge in [-0.1, -0.05) is 18.2 Å². The molecule has 1 aromatic heterocycles. The first-order chi connectivity index (χ1) is 11.4. The minimum atomic E-state index is -0.157. The molecule has 0 bridgehead atoms. The van der Waals surface area contributed by atoms with Gasteiger partial charge in [-0.25, -0.2) is 9.67 Å². The van der Waals surface area contributed by atoms with E-state index in [2.05, 4.69) is 30.9 Å². The van der Waals surface area contributed by atoms with E-state index in [-0.39, 0.29) is 17.5 Å². The monoisotopic (exact) mass is 326 g/mol. The first kappa shape index (κ1) is 16.7. The Hall–Kier alpha value is -2.17. The van der Waals surface area contributed by atoms with Crippen LogP contribution in [0.4, 0.5) is 0 Å². The fourth-order valence-corrected chi connectivity index (χ4v) is 3.33. The van der Waals surface area contributed by atoms with Crippen LogP contribution in [0.3, 0.4) is 0 Å². The average Bonchev–Trinajstić information content (AvgIpc) is 2.97. The molecule has 2 aromatic rings. The highest BCUT2D eigenvalue weighted by molar-refractivity contribution is 5.94. The Morgan fingerprint density at radius 2 is 1.88 bits per heavy atom. The van der Waals surface area contributed by atoms with Gasteiger partial charge >= 0.3 is 0 Å². The van der Waals surface area contributed by atoms with Gasteiger partial charge in [0.05, 0.1) is 11.6 Å². The normalized spacial score (nSPS) is 18.7. The fraction of sp³-hybridized carbons (Fsp3) is 0.526. The van der Waals surface area contributed by atoms with E-state index < -0.39 is 0 Å². The van der Waals surface area contributed by atoms with E-state index in [0.717, 1.165) is 43.0 Å². The van der Waals surface area contributed by atoms with E-state index in [0.29, 0.717) is 0 Å². The fourth-order valence-electron chi connectivity index (χ4n) is 3.33. The summed E-state index contributed by atoms with van der Waals surface area (Å²) < 4.78 is 1.99. The van der Waals surface area contributed by atoms with Crippen LogP contribution in [0.1, 0.15) is 68.1 Å². The second kappa shape index (κ2) is 6.38. The van der Waals surface area contributed by atoms with Gasteiger partial charge in [-0.05, 0) is 59.1 Å². The van der Waals surface area contributed by atoms with Gasteiger partial charge in [-0.15, -0.1) is 0 Å². The number of hydrogen-bond donors (Lipinski definition) is 0. The summed E-state index contributed by atoms with van der Waals surface area (Å²) in [6, 6.07) is 9.51. The first-order valence-corrected chi connectivity index (χ1v) is 8.68. The van der Waals surface area contributed by atoms with Gasteiger partial charge in [-0.2, -0.15) is 5.10 Å². The van der Waals surface area contributed by atoms with Crippen molar-refractivity contribution in [2.75, 3.05) is 6.54 Å². The molecule has 0 radical (unpaired) electrons. The Balaban J connectivity index is 1.98. The molecule has 0 saturated carbocycles. The molecule has 1 aliphatic heterocycles. The third-order valence-corrected chi connectivity index (χ3v) is 4.46. The third kappa shape index (κ3) is 3.21. The van der Waals surface area contributed by atoms with E-state index in [4.69, 9.17) is 0 Å². The van der Waals surface area contributed by atoms with Crippen molar-refractivity contribution in [1.29, 1.82) is 0 Å². The van der Waals surface area contributed by atoms with Crippen molar-refractivity contribution in [3.05, 3.63) is 47.5 Å². The lowest BCUT2D eigenvalue weighted by Gasteiger charge is -2.36. The van der Waals surface area contributed by atoms with E-state index >= 15 is 0 Å². The number of rotatable bonds is 2. The molecule has 128 valence electrons. The lowest BCUT2D eigenvalue weighted by molar-refractivity contribution is 0.0585. The molecule has 1 fully saturated rings. The molecule has 1 amide bonds. The van der Waals surface area contributed by atoms with Crippen molar-refractivity contribution in [3.63, 3.8) is 0 Å². The van der Waals surface area contributed by atoms with Crippen LogP contribution in [-0.2, 0) is 5.54 Å². The predicted octanol–water partition coefficient (Wildman–Crippen LogP) is 3.71. The summed E-state index contributed by atoms with van der Waals surface area (Å²) in [7, 11) is 0. The molecule has 3 rings (SSSR count). The summed E-state index contributed by atoms with van der Waals surface area (Å²) in [5.41, 5.74) is 0.582. The van der Waals surface area contributed by atoms with Crippen molar-refractivity contribution in [2.24, 2.45) is 0 Å². The summed E-state index contributed by atoms with van der Waals surface area (Å²) in [6.07, 6.45) is 3.09. The van der Waals surface area contributed by atoms with Crippen molar-refractivity contribution in [3.8, 4) is 0 Å². The number of carbonyl (C=O) groups excluding carboxylic acids is 1. The zero-order valence-electron chi connectivity index (χ0n) is 15.0. The van der Waals surface area contributed by atoms with Gasteiger partial charge in [0.15, 0.2) is 5.82 Å². The highest BCUT2D eigenvalue weighted by Crippen LogP contribution is 2.33. The van der Waals surface area contributed by atoms with Crippen LogP contribution in [0, 0.1) is 6.92 Å². The number of nitrogens with zero attached hydrogens (tertiary/aromatic N) is 4. The zero-order chi connectivity index (χ0) is 17.3. The number of benzene rings is 1. The molecule has 0 aliphatic carbocycles. The number of hydrogen-bond acceptors (Lipinski definition) is 3. The van der Waals surface area contributed by atoms with Gasteiger partial charge in [0, 0.05) is 12.1 Å². The molecule has 1 atom stereocenters. The van der Waals surface area contributed by atoms with E-state index in [1.54, 1.807) is 0 Å². The summed E-state index contributed by atoms with van der Waals surface area (Å²) in [4.78, 5) is 19.7. The smallest absolute Gasteiger partial charge is 0.254 e. The number of likely N-dealkylation sites (tertiary alicyclic amines) is 1. The maximum absolute atomic E-state index is 13.0. The minimum absolute atomic E-state index is 0.00752. The molecule has 1 aliphatic rings. The van der Waals surface area contributed by atoms with Crippen LogP contribution < -0.4 is 0 Å². The van der Waals surface area contributed by atoms with E-state index in [1.165, 1.54) is 0 Å². The summed E-state index contributed by atoms with van der Waals surface area (Å²) in [5.74, 6) is 1.75. The molecule has 1 aromatic carbocycles. The SMILES string of the molecule is Cc1nc(C2CCCCN2C(=O)c2ccccc2)n(C(C)(C)C)n1. The van der Waals surface area contributed by atoms with Crippen molar-refractivity contribution < 1.29 is 4.79 Å². The second-order valence-electron chi connectivity index (χ2n) is 7.48. The molecule has 0 N–H and O–H groups in total. The third-order valence-electron chi connectivity index (χ3n) is 4.46. The van der Waals surface area contributed by atoms with E-state index in [1.807, 2.05) is 46.8 Å². The summed E-state index contributed by atoms with van der Waals surface area (Å²) in [5, 5.41) is 4.59. The number of aromatic nitrogens is 3. The Morgan fingerprint density at radius 3 is 2.54 bits per heavy atom. The average molecular weight is 326 g/mol. The van der Waals surface area contributed by atoms with E-state index in [9.17, 15) is 4.79 Å². The summed E-state index contributed by atoms with van der Waals surface area (Å²) >= 11 is 0. The number of aryl methyl sites for hydroxylation is 1. The van der Waals surface area contributed by atoms with Crippen molar-refractivity contribution >= 4 is 5.91 Å². The Labute approximate surface area is 143 Å². The highest BCUT2D eigenvalue weighted by Gasteiger charge is 2.34. The topological polar surface area (TPSA) is 51.0 Å².